The molecule has 0 aromatic carbocycles. The summed E-state index contributed by atoms with van der Waals surface area (Å²) < 4.78 is 40.4. The second kappa shape index (κ2) is 12.8. The molecule has 5 atom stereocenters. The fraction of sp³-hybridized carbons (Fsp3) is 1.00. The van der Waals surface area contributed by atoms with Crippen molar-refractivity contribution in [1.82, 2.24) is 0 Å². The van der Waals surface area contributed by atoms with Gasteiger partial charge in [0.1, 0.15) is 29.1 Å². The Morgan fingerprint density at radius 3 is 2.60 bits per heavy atom. The first-order valence-corrected chi connectivity index (χ1v) is 12.3. The number of rotatable bonds is 11. The molecule has 6 nitrogen and oxygen atoms in total. The molecule has 2 aliphatic heterocycles. The van der Waals surface area contributed by atoms with Crippen molar-refractivity contribution < 1.29 is 28.4 Å². The van der Waals surface area contributed by atoms with Crippen LogP contribution in [0.5, 0.6) is 0 Å². The van der Waals surface area contributed by atoms with Crippen LogP contribution in [0, 0.1) is 5.92 Å². The van der Waals surface area contributed by atoms with E-state index in [4.69, 9.17) is 14.2 Å². The van der Waals surface area contributed by atoms with E-state index in [0.29, 0.717) is 42.6 Å². The van der Waals surface area contributed by atoms with Crippen LogP contribution < -0.4 is 0 Å². The molecule has 2 saturated heterocycles. The Morgan fingerprint density at radius 2 is 1.88 bits per heavy atom. The van der Waals surface area contributed by atoms with Crippen molar-refractivity contribution >= 4 is 22.4 Å². The molecular weight excluding hydrogens is 364 g/mol. The van der Waals surface area contributed by atoms with Crippen LogP contribution >= 0.6 is 0 Å². The lowest BCUT2D eigenvalue weighted by Gasteiger charge is -2.27. The van der Waals surface area contributed by atoms with E-state index in [2.05, 4.69) is 0 Å². The second-order valence-electron chi connectivity index (χ2n) is 6.72. The second-order valence-corrected chi connectivity index (χ2v) is 10.0. The Morgan fingerprint density at radius 1 is 1.04 bits per heavy atom. The lowest BCUT2D eigenvalue weighted by Crippen LogP contribution is -2.35. The van der Waals surface area contributed by atoms with E-state index in [9.17, 15) is 14.2 Å². The normalized spacial score (nSPS) is 28.4. The molecule has 0 bridgehead atoms. The van der Waals surface area contributed by atoms with Gasteiger partial charge >= 0.3 is 0 Å². The summed E-state index contributed by atoms with van der Waals surface area (Å²) in [6.45, 7) is 2.51. The Bertz CT molecular complexity index is 337. The SMILES string of the molecule is [O-][S+](CCC[S+]([O-])CC(O)C1CCCOC1)CCOC1CCCCO1. The summed E-state index contributed by atoms with van der Waals surface area (Å²) in [6.07, 6.45) is 4.98. The van der Waals surface area contributed by atoms with Crippen LogP contribution in [0.25, 0.3) is 0 Å². The Kier molecular flexibility index (Phi) is 11.1. The molecule has 2 rings (SSSR count). The van der Waals surface area contributed by atoms with Crippen LogP contribution in [-0.4, -0.2) is 76.0 Å². The molecule has 0 aliphatic carbocycles. The van der Waals surface area contributed by atoms with E-state index in [1.165, 1.54) is 0 Å². The van der Waals surface area contributed by atoms with E-state index >= 15 is 0 Å². The van der Waals surface area contributed by atoms with Crippen LogP contribution in [0.15, 0.2) is 0 Å². The van der Waals surface area contributed by atoms with Crippen LogP contribution in [0.3, 0.4) is 0 Å². The molecule has 2 fully saturated rings. The van der Waals surface area contributed by atoms with Crippen LogP contribution in [0.2, 0.25) is 0 Å². The van der Waals surface area contributed by atoms with E-state index in [0.717, 1.165) is 45.3 Å². The van der Waals surface area contributed by atoms with Gasteiger partial charge in [0.05, 0.1) is 13.2 Å². The van der Waals surface area contributed by atoms with Gasteiger partial charge in [0.25, 0.3) is 0 Å². The highest BCUT2D eigenvalue weighted by atomic mass is 32.2. The maximum Gasteiger partial charge on any atom is 0.157 e. The fourth-order valence-corrected chi connectivity index (χ4v) is 5.50. The first kappa shape index (κ1) is 21.8. The predicted molar refractivity (Wildman–Crippen MR) is 99.5 cm³/mol. The number of aliphatic hydroxyl groups excluding tert-OH is 1. The van der Waals surface area contributed by atoms with Crippen molar-refractivity contribution in [3.63, 3.8) is 0 Å². The summed E-state index contributed by atoms with van der Waals surface area (Å²) in [4.78, 5) is 0. The maximum absolute atomic E-state index is 12.1. The molecule has 0 aromatic heterocycles. The van der Waals surface area contributed by atoms with Gasteiger partial charge < -0.3 is 28.4 Å². The van der Waals surface area contributed by atoms with Gasteiger partial charge in [-0.15, -0.1) is 0 Å². The number of hydrogen-bond donors (Lipinski definition) is 1. The van der Waals surface area contributed by atoms with Crippen molar-refractivity contribution in [2.45, 2.75) is 50.9 Å². The quantitative estimate of drug-likeness (QED) is 0.528. The third kappa shape index (κ3) is 9.28. The fourth-order valence-electron chi connectivity index (χ4n) is 3.08. The standard InChI is InChI=1S/C17H32O6S2/c18-16(15-5-3-7-21-13-15)14-25(20)11-4-10-24(19)12-9-23-17-6-1-2-8-22-17/h15-18H,1-14H2. The van der Waals surface area contributed by atoms with Gasteiger partial charge in [-0.2, -0.15) is 0 Å². The lowest BCUT2D eigenvalue weighted by molar-refractivity contribution is -0.158. The van der Waals surface area contributed by atoms with Crippen molar-refractivity contribution in [2.24, 2.45) is 5.92 Å². The van der Waals surface area contributed by atoms with Crippen molar-refractivity contribution in [1.29, 1.82) is 0 Å². The summed E-state index contributed by atoms with van der Waals surface area (Å²) in [6, 6.07) is 0. The first-order chi connectivity index (χ1) is 12.1. The van der Waals surface area contributed by atoms with Crippen LogP contribution in [-0.2, 0) is 36.6 Å². The summed E-state index contributed by atoms with van der Waals surface area (Å²) in [7, 11) is 0. The van der Waals surface area contributed by atoms with Gasteiger partial charge in [-0.25, -0.2) is 0 Å². The zero-order chi connectivity index (χ0) is 17.9. The average molecular weight is 397 g/mol. The molecule has 2 heterocycles. The molecule has 0 aromatic rings. The smallest absolute Gasteiger partial charge is 0.157 e. The minimum absolute atomic E-state index is 0.103. The zero-order valence-electron chi connectivity index (χ0n) is 14.9. The molecule has 0 radical (unpaired) electrons. The van der Waals surface area contributed by atoms with Gasteiger partial charge in [-0.05, 0) is 32.1 Å². The number of ether oxygens (including phenoxy) is 3. The highest BCUT2D eigenvalue weighted by Crippen LogP contribution is 2.19. The van der Waals surface area contributed by atoms with E-state index in [1.54, 1.807) is 0 Å². The van der Waals surface area contributed by atoms with Crippen molar-refractivity contribution in [3.8, 4) is 0 Å². The monoisotopic (exact) mass is 396 g/mol. The zero-order valence-corrected chi connectivity index (χ0v) is 16.6. The summed E-state index contributed by atoms with van der Waals surface area (Å²) in [5, 5.41) is 10.1. The molecule has 25 heavy (non-hydrogen) atoms. The summed E-state index contributed by atoms with van der Waals surface area (Å²) in [5.74, 6) is 1.91. The Hall–Kier alpha value is 0.460. The van der Waals surface area contributed by atoms with E-state index in [1.807, 2.05) is 0 Å². The minimum Gasteiger partial charge on any atom is -0.616 e. The molecule has 1 N–H and O–H groups in total. The highest BCUT2D eigenvalue weighted by molar-refractivity contribution is 7.92. The summed E-state index contributed by atoms with van der Waals surface area (Å²) >= 11 is -2.02. The number of aliphatic hydroxyl groups is 1. The van der Waals surface area contributed by atoms with Crippen molar-refractivity contribution in [3.05, 3.63) is 0 Å². The van der Waals surface area contributed by atoms with Crippen LogP contribution in [0.4, 0.5) is 0 Å². The Labute approximate surface area is 157 Å². The molecule has 148 valence electrons. The number of hydrogen-bond acceptors (Lipinski definition) is 6. The third-order valence-corrected chi connectivity index (χ3v) is 7.42. The predicted octanol–water partition coefficient (Wildman–Crippen LogP) is 1.20. The Balaban J connectivity index is 1.47. The molecule has 0 amide bonds. The molecule has 2 aliphatic rings. The van der Waals surface area contributed by atoms with E-state index in [-0.39, 0.29) is 12.2 Å². The van der Waals surface area contributed by atoms with Gasteiger partial charge in [-0.1, -0.05) is 22.4 Å². The lowest BCUT2D eigenvalue weighted by atomic mass is 9.97. The molecule has 0 spiro atoms. The van der Waals surface area contributed by atoms with Crippen molar-refractivity contribution in [2.75, 3.05) is 49.4 Å². The highest BCUT2D eigenvalue weighted by Gasteiger charge is 2.26. The molecule has 0 saturated carbocycles. The summed E-state index contributed by atoms with van der Waals surface area (Å²) in [5.41, 5.74) is 0. The van der Waals surface area contributed by atoms with Gasteiger partial charge in [-0.3, -0.25) is 0 Å². The maximum atomic E-state index is 12.1. The van der Waals surface area contributed by atoms with Crippen LogP contribution in [0.1, 0.15) is 38.5 Å². The minimum atomic E-state index is -1.07. The average Bonchev–Trinajstić information content (AvgIpc) is 2.63. The largest absolute Gasteiger partial charge is 0.616 e. The third-order valence-electron chi connectivity index (χ3n) is 4.59. The molecular formula is C17H32O6S2. The first-order valence-electron chi connectivity index (χ1n) is 9.34. The van der Waals surface area contributed by atoms with Gasteiger partial charge in [0.15, 0.2) is 6.29 Å². The van der Waals surface area contributed by atoms with E-state index < -0.39 is 28.5 Å². The molecule has 5 unspecified atom stereocenters. The topological polar surface area (TPSA) is 94.0 Å². The van der Waals surface area contributed by atoms with Gasteiger partial charge in [0, 0.05) is 25.6 Å². The molecule has 8 heteroatoms. The van der Waals surface area contributed by atoms with Gasteiger partial charge in [0.2, 0.25) is 0 Å².